The second kappa shape index (κ2) is 8.14. The first-order valence-electron chi connectivity index (χ1n) is 6.92. The minimum Gasteiger partial charge on any atom is -0.497 e. The highest BCUT2D eigenvalue weighted by Crippen LogP contribution is 2.19. The highest BCUT2D eigenvalue weighted by molar-refractivity contribution is 9.10. The van der Waals surface area contributed by atoms with Gasteiger partial charge in [0.1, 0.15) is 22.0 Å². The second-order valence-corrected chi connectivity index (χ2v) is 6.56. The van der Waals surface area contributed by atoms with Gasteiger partial charge < -0.3 is 19.5 Å². The number of carbonyl (C=O) groups is 2. The van der Waals surface area contributed by atoms with E-state index in [-0.39, 0.29) is 6.42 Å². The quantitative estimate of drug-likeness (QED) is 0.615. The molecule has 1 rings (SSSR count). The van der Waals surface area contributed by atoms with Gasteiger partial charge in [-0.3, -0.25) is 0 Å². The predicted molar refractivity (Wildman–Crippen MR) is 87.4 cm³/mol. The molecule has 1 aromatic heterocycles. The van der Waals surface area contributed by atoms with Crippen molar-refractivity contribution in [1.82, 2.24) is 10.3 Å². The van der Waals surface area contributed by atoms with Crippen LogP contribution in [0, 0.1) is 0 Å². The van der Waals surface area contributed by atoms with Crippen LogP contribution in [-0.4, -0.2) is 42.9 Å². The van der Waals surface area contributed by atoms with Crippen LogP contribution in [0.5, 0.6) is 5.75 Å². The Kier molecular flexibility index (Phi) is 6.80. The number of rotatable bonds is 5. The van der Waals surface area contributed by atoms with E-state index in [1.165, 1.54) is 14.2 Å². The van der Waals surface area contributed by atoms with Crippen molar-refractivity contribution < 1.29 is 23.8 Å². The van der Waals surface area contributed by atoms with Crippen LogP contribution in [0.4, 0.5) is 4.79 Å². The zero-order chi connectivity index (χ0) is 17.6. The number of hydrogen-bond acceptors (Lipinski definition) is 6. The maximum atomic E-state index is 11.9. The maximum Gasteiger partial charge on any atom is 0.408 e. The van der Waals surface area contributed by atoms with Gasteiger partial charge >= 0.3 is 12.1 Å². The summed E-state index contributed by atoms with van der Waals surface area (Å²) >= 11 is 3.27. The summed E-state index contributed by atoms with van der Waals surface area (Å²) < 4.78 is 15.6. The van der Waals surface area contributed by atoms with Crippen LogP contribution < -0.4 is 10.1 Å². The summed E-state index contributed by atoms with van der Waals surface area (Å²) in [6.45, 7) is 5.21. The van der Waals surface area contributed by atoms with Gasteiger partial charge in [-0.05, 0) is 36.7 Å². The summed E-state index contributed by atoms with van der Waals surface area (Å²) in [4.78, 5) is 28.0. The Hall–Kier alpha value is -1.83. The van der Waals surface area contributed by atoms with Crippen LogP contribution in [-0.2, 0) is 20.7 Å². The van der Waals surface area contributed by atoms with Crippen LogP contribution >= 0.6 is 15.9 Å². The number of pyridine rings is 1. The molecule has 1 amide bonds. The van der Waals surface area contributed by atoms with Crippen LogP contribution in [0.3, 0.4) is 0 Å². The summed E-state index contributed by atoms with van der Waals surface area (Å²) in [7, 11) is 2.78. The number of carbonyl (C=O) groups excluding carboxylic acids is 2. The Labute approximate surface area is 143 Å². The number of hydrogen-bond donors (Lipinski definition) is 1. The van der Waals surface area contributed by atoms with Crippen LogP contribution in [0.1, 0.15) is 26.5 Å². The van der Waals surface area contributed by atoms with Crippen molar-refractivity contribution in [2.24, 2.45) is 0 Å². The average Bonchev–Trinajstić information content (AvgIpc) is 2.43. The van der Waals surface area contributed by atoms with E-state index in [4.69, 9.17) is 14.2 Å². The van der Waals surface area contributed by atoms with Gasteiger partial charge in [-0.2, -0.15) is 0 Å². The molecule has 128 valence electrons. The largest absolute Gasteiger partial charge is 0.497 e. The van der Waals surface area contributed by atoms with E-state index >= 15 is 0 Å². The third kappa shape index (κ3) is 6.85. The van der Waals surface area contributed by atoms with Crippen molar-refractivity contribution in [3.63, 3.8) is 0 Å². The van der Waals surface area contributed by atoms with E-state index in [0.717, 1.165) is 0 Å². The molecule has 0 aliphatic rings. The molecule has 0 aromatic carbocycles. The molecule has 1 heterocycles. The number of methoxy groups -OCH3 is 2. The van der Waals surface area contributed by atoms with E-state index in [2.05, 4.69) is 26.2 Å². The number of aromatic nitrogens is 1. The Morgan fingerprint density at radius 3 is 2.48 bits per heavy atom. The number of nitrogens with one attached hydrogen (secondary N) is 1. The first-order chi connectivity index (χ1) is 10.6. The molecule has 0 aliphatic heterocycles. The lowest BCUT2D eigenvalue weighted by molar-refractivity contribution is -0.143. The van der Waals surface area contributed by atoms with Crippen molar-refractivity contribution in [3.8, 4) is 5.75 Å². The highest BCUT2D eigenvalue weighted by Gasteiger charge is 2.26. The van der Waals surface area contributed by atoms with Crippen LogP contribution in [0.15, 0.2) is 16.7 Å². The third-order valence-corrected chi connectivity index (χ3v) is 3.05. The molecule has 0 unspecified atom stereocenters. The van der Waals surface area contributed by atoms with E-state index < -0.39 is 23.7 Å². The molecule has 0 radical (unpaired) electrons. The fraction of sp³-hybridized carbons (Fsp3) is 0.533. The fourth-order valence-corrected chi connectivity index (χ4v) is 2.20. The predicted octanol–water partition coefficient (Wildman–Crippen LogP) is 2.46. The molecule has 1 N–H and O–H groups in total. The molecule has 0 spiro atoms. The van der Waals surface area contributed by atoms with Crippen molar-refractivity contribution in [2.45, 2.75) is 38.8 Å². The smallest absolute Gasteiger partial charge is 0.408 e. The van der Waals surface area contributed by atoms with Gasteiger partial charge in [-0.1, -0.05) is 0 Å². The van der Waals surface area contributed by atoms with Gasteiger partial charge in [0.2, 0.25) is 0 Å². The summed E-state index contributed by atoms with van der Waals surface area (Å²) in [5.41, 5.74) is -0.107. The Morgan fingerprint density at radius 1 is 1.30 bits per heavy atom. The van der Waals surface area contributed by atoms with Gasteiger partial charge in [-0.25, -0.2) is 14.6 Å². The maximum absolute atomic E-state index is 11.9. The number of esters is 1. The third-order valence-electron chi connectivity index (χ3n) is 2.65. The van der Waals surface area contributed by atoms with Gasteiger partial charge in [0.15, 0.2) is 0 Å². The Bertz CT molecular complexity index is 571. The zero-order valence-corrected chi connectivity index (χ0v) is 15.4. The minimum atomic E-state index is -0.915. The number of nitrogens with zero attached hydrogens (tertiary/aromatic N) is 1. The van der Waals surface area contributed by atoms with Crippen molar-refractivity contribution in [3.05, 3.63) is 22.4 Å². The molecule has 1 atom stereocenters. The Morgan fingerprint density at radius 2 is 1.96 bits per heavy atom. The van der Waals surface area contributed by atoms with E-state index in [1.807, 2.05) is 0 Å². The van der Waals surface area contributed by atoms with Gasteiger partial charge in [0.25, 0.3) is 0 Å². The van der Waals surface area contributed by atoms with E-state index in [9.17, 15) is 9.59 Å². The summed E-state index contributed by atoms with van der Waals surface area (Å²) in [6, 6.07) is 2.46. The molecular formula is C15H21BrN2O5. The molecule has 8 heteroatoms. The lowest BCUT2D eigenvalue weighted by atomic mass is 10.1. The SMILES string of the molecule is COC(=O)[C@H](Cc1cc(OC)cc(Br)n1)NC(=O)OC(C)(C)C. The molecule has 0 aliphatic carbocycles. The second-order valence-electron chi connectivity index (χ2n) is 5.75. The van der Waals surface area contributed by atoms with Gasteiger partial charge in [0.05, 0.1) is 14.2 Å². The standard InChI is InChI=1S/C15H21BrN2O5/c1-15(2,3)23-14(20)18-11(13(19)22-5)7-9-6-10(21-4)8-12(16)17-9/h6,8,11H,7H2,1-5H3,(H,18,20)/t11-/m0/s1. The van der Waals surface area contributed by atoms with Gasteiger partial charge in [0, 0.05) is 24.2 Å². The number of halogens is 1. The molecule has 7 nitrogen and oxygen atoms in total. The Balaban J connectivity index is 2.89. The molecule has 23 heavy (non-hydrogen) atoms. The van der Waals surface area contributed by atoms with E-state index in [1.54, 1.807) is 32.9 Å². The number of alkyl carbamates (subject to hydrolysis) is 1. The first-order valence-corrected chi connectivity index (χ1v) is 7.71. The molecule has 0 bridgehead atoms. The van der Waals surface area contributed by atoms with Crippen LogP contribution in [0.25, 0.3) is 0 Å². The molecule has 0 saturated carbocycles. The fourth-order valence-electron chi connectivity index (χ4n) is 1.74. The van der Waals surface area contributed by atoms with Crippen molar-refractivity contribution in [2.75, 3.05) is 14.2 Å². The lowest BCUT2D eigenvalue weighted by Crippen LogP contribution is -2.45. The number of ether oxygens (including phenoxy) is 3. The average molecular weight is 389 g/mol. The monoisotopic (exact) mass is 388 g/mol. The highest BCUT2D eigenvalue weighted by atomic mass is 79.9. The number of amides is 1. The normalized spacial score (nSPS) is 12.3. The van der Waals surface area contributed by atoms with E-state index in [0.29, 0.717) is 16.0 Å². The first kappa shape index (κ1) is 19.2. The topological polar surface area (TPSA) is 86.8 Å². The summed E-state index contributed by atoms with van der Waals surface area (Å²) in [5.74, 6) is -0.000592. The zero-order valence-electron chi connectivity index (χ0n) is 13.8. The summed E-state index contributed by atoms with van der Waals surface area (Å²) in [5, 5.41) is 2.50. The van der Waals surface area contributed by atoms with Crippen LogP contribution in [0.2, 0.25) is 0 Å². The molecule has 1 aromatic rings. The molecule has 0 fully saturated rings. The van der Waals surface area contributed by atoms with Crippen molar-refractivity contribution >= 4 is 28.0 Å². The summed E-state index contributed by atoms with van der Waals surface area (Å²) in [6.07, 6.45) is -0.559. The lowest BCUT2D eigenvalue weighted by Gasteiger charge is -2.22. The molecule has 0 saturated heterocycles. The minimum absolute atomic E-state index is 0.141. The van der Waals surface area contributed by atoms with Crippen molar-refractivity contribution in [1.29, 1.82) is 0 Å². The molecular weight excluding hydrogens is 368 g/mol. The van der Waals surface area contributed by atoms with Gasteiger partial charge in [-0.15, -0.1) is 0 Å².